The Morgan fingerprint density at radius 1 is 1.40 bits per heavy atom. The van der Waals surface area contributed by atoms with Crippen LogP contribution in [-0.4, -0.2) is 18.0 Å². The molecule has 0 heterocycles. The molecule has 0 aromatic rings. The topological polar surface area (TPSA) is 55.1 Å². The van der Waals surface area contributed by atoms with Gasteiger partial charge in [0.15, 0.2) is 0 Å². The molecule has 1 aliphatic carbocycles. The molecule has 0 aliphatic heterocycles. The van der Waals surface area contributed by atoms with Gasteiger partial charge in [-0.05, 0) is 39.0 Å². The van der Waals surface area contributed by atoms with Crippen LogP contribution in [-0.2, 0) is 4.79 Å². The molecule has 0 spiro atoms. The molecule has 0 aromatic heterocycles. The highest BCUT2D eigenvalue weighted by atomic mass is 16.1. The van der Waals surface area contributed by atoms with E-state index in [1.807, 2.05) is 0 Å². The maximum Gasteiger partial charge on any atom is 0.220 e. The third-order valence-corrected chi connectivity index (χ3v) is 3.37. The summed E-state index contributed by atoms with van der Waals surface area (Å²) in [4.78, 5) is 11.0. The number of hydrogen-bond acceptors (Lipinski definition) is 2. The van der Waals surface area contributed by atoms with Crippen LogP contribution in [0.3, 0.4) is 0 Å². The number of rotatable bonds is 5. The first-order valence-electron chi connectivity index (χ1n) is 6.18. The van der Waals surface area contributed by atoms with Crippen LogP contribution >= 0.6 is 0 Å². The van der Waals surface area contributed by atoms with Gasteiger partial charge in [-0.3, -0.25) is 4.79 Å². The quantitative estimate of drug-likeness (QED) is 0.730. The van der Waals surface area contributed by atoms with E-state index >= 15 is 0 Å². The molecule has 0 aromatic carbocycles. The van der Waals surface area contributed by atoms with Gasteiger partial charge in [-0.15, -0.1) is 0 Å². The van der Waals surface area contributed by atoms with E-state index in [9.17, 15) is 4.79 Å². The van der Waals surface area contributed by atoms with Gasteiger partial charge in [0.1, 0.15) is 0 Å². The molecule has 3 nitrogen and oxygen atoms in total. The molecule has 3 N–H and O–H groups in total. The van der Waals surface area contributed by atoms with Gasteiger partial charge in [-0.2, -0.15) is 0 Å². The molecule has 88 valence electrons. The standard InChI is InChI=1S/C12H24N2O/c1-3-4-9(2)14-11-7-5-10(6-8-11)12(13)15/h9-11,14H,3-8H2,1-2H3,(H2,13,15). The summed E-state index contributed by atoms with van der Waals surface area (Å²) in [6.07, 6.45) is 6.58. The maximum atomic E-state index is 11.0. The van der Waals surface area contributed by atoms with Gasteiger partial charge in [0.2, 0.25) is 5.91 Å². The first kappa shape index (κ1) is 12.5. The zero-order chi connectivity index (χ0) is 11.3. The molecule has 1 fully saturated rings. The minimum Gasteiger partial charge on any atom is -0.369 e. The SMILES string of the molecule is CCCC(C)NC1CCC(C(N)=O)CC1. The predicted molar refractivity (Wildman–Crippen MR) is 62.4 cm³/mol. The molecule has 0 radical (unpaired) electrons. The zero-order valence-corrected chi connectivity index (χ0v) is 9.96. The summed E-state index contributed by atoms with van der Waals surface area (Å²) in [6, 6.07) is 1.20. The number of nitrogens with two attached hydrogens (primary N) is 1. The number of primary amides is 1. The molecule has 1 unspecified atom stereocenters. The lowest BCUT2D eigenvalue weighted by Crippen LogP contribution is -2.40. The minimum absolute atomic E-state index is 0.116. The zero-order valence-electron chi connectivity index (χ0n) is 9.96. The van der Waals surface area contributed by atoms with Crippen molar-refractivity contribution in [3.8, 4) is 0 Å². The van der Waals surface area contributed by atoms with E-state index in [0.29, 0.717) is 12.1 Å². The Hall–Kier alpha value is -0.570. The Morgan fingerprint density at radius 2 is 2.00 bits per heavy atom. The van der Waals surface area contributed by atoms with Crippen LogP contribution in [0.2, 0.25) is 0 Å². The van der Waals surface area contributed by atoms with E-state index in [2.05, 4.69) is 19.2 Å². The number of carbonyl (C=O) groups excluding carboxylic acids is 1. The molecule has 1 saturated carbocycles. The fourth-order valence-corrected chi connectivity index (χ4v) is 2.46. The van der Waals surface area contributed by atoms with Crippen LogP contribution in [0.1, 0.15) is 52.4 Å². The highest BCUT2D eigenvalue weighted by Crippen LogP contribution is 2.24. The van der Waals surface area contributed by atoms with Crippen molar-refractivity contribution in [1.29, 1.82) is 0 Å². The molecular weight excluding hydrogens is 188 g/mol. The van der Waals surface area contributed by atoms with Crippen LogP contribution in [0.15, 0.2) is 0 Å². The lowest BCUT2D eigenvalue weighted by molar-refractivity contribution is -0.122. The maximum absolute atomic E-state index is 11.0. The van der Waals surface area contributed by atoms with Crippen molar-refractivity contribution in [2.24, 2.45) is 11.7 Å². The van der Waals surface area contributed by atoms with E-state index in [4.69, 9.17) is 5.73 Å². The number of carbonyl (C=O) groups is 1. The van der Waals surface area contributed by atoms with Crippen molar-refractivity contribution in [1.82, 2.24) is 5.32 Å². The molecular formula is C12H24N2O. The summed E-state index contributed by atoms with van der Waals surface area (Å²) in [5.41, 5.74) is 5.30. The fourth-order valence-electron chi connectivity index (χ4n) is 2.46. The number of hydrogen-bond donors (Lipinski definition) is 2. The first-order chi connectivity index (χ1) is 7.13. The molecule has 1 atom stereocenters. The van der Waals surface area contributed by atoms with Gasteiger partial charge in [0.25, 0.3) is 0 Å². The van der Waals surface area contributed by atoms with Gasteiger partial charge in [-0.1, -0.05) is 13.3 Å². The minimum atomic E-state index is -0.116. The Labute approximate surface area is 92.8 Å². The van der Waals surface area contributed by atoms with E-state index < -0.39 is 0 Å². The third kappa shape index (κ3) is 4.20. The Bertz CT molecular complexity index is 198. The summed E-state index contributed by atoms with van der Waals surface area (Å²) in [6.45, 7) is 4.45. The predicted octanol–water partition coefficient (Wildman–Crippen LogP) is 1.81. The van der Waals surface area contributed by atoms with E-state index in [1.54, 1.807) is 0 Å². The smallest absolute Gasteiger partial charge is 0.220 e. The monoisotopic (exact) mass is 212 g/mol. The molecule has 1 amide bonds. The van der Waals surface area contributed by atoms with Crippen molar-refractivity contribution in [2.75, 3.05) is 0 Å². The van der Waals surface area contributed by atoms with Crippen molar-refractivity contribution in [3.63, 3.8) is 0 Å². The molecule has 1 rings (SSSR count). The van der Waals surface area contributed by atoms with E-state index in [1.165, 1.54) is 12.8 Å². The van der Waals surface area contributed by atoms with Gasteiger partial charge >= 0.3 is 0 Å². The lowest BCUT2D eigenvalue weighted by Gasteiger charge is -2.29. The summed E-state index contributed by atoms with van der Waals surface area (Å²) in [5, 5.41) is 3.63. The van der Waals surface area contributed by atoms with Gasteiger partial charge < -0.3 is 11.1 Å². The lowest BCUT2D eigenvalue weighted by atomic mass is 9.85. The average molecular weight is 212 g/mol. The second kappa shape index (κ2) is 6.11. The van der Waals surface area contributed by atoms with Crippen LogP contribution in [0.5, 0.6) is 0 Å². The average Bonchev–Trinajstić information content (AvgIpc) is 2.18. The highest BCUT2D eigenvalue weighted by molar-refractivity contribution is 5.76. The van der Waals surface area contributed by atoms with Crippen LogP contribution in [0.4, 0.5) is 0 Å². The van der Waals surface area contributed by atoms with E-state index in [-0.39, 0.29) is 11.8 Å². The van der Waals surface area contributed by atoms with Crippen LogP contribution < -0.4 is 11.1 Å². The Kier molecular flexibility index (Phi) is 5.09. The highest BCUT2D eigenvalue weighted by Gasteiger charge is 2.24. The second-order valence-electron chi connectivity index (χ2n) is 4.81. The molecule has 1 aliphatic rings. The van der Waals surface area contributed by atoms with E-state index in [0.717, 1.165) is 25.7 Å². The second-order valence-corrected chi connectivity index (χ2v) is 4.81. The molecule has 0 bridgehead atoms. The van der Waals surface area contributed by atoms with Gasteiger partial charge in [0.05, 0.1) is 0 Å². The van der Waals surface area contributed by atoms with Crippen molar-refractivity contribution >= 4 is 5.91 Å². The Morgan fingerprint density at radius 3 is 2.47 bits per heavy atom. The van der Waals surface area contributed by atoms with Crippen molar-refractivity contribution in [3.05, 3.63) is 0 Å². The van der Waals surface area contributed by atoms with Gasteiger partial charge in [-0.25, -0.2) is 0 Å². The van der Waals surface area contributed by atoms with Crippen LogP contribution in [0, 0.1) is 5.92 Å². The summed E-state index contributed by atoms with van der Waals surface area (Å²) in [7, 11) is 0. The molecule has 3 heteroatoms. The molecule has 0 saturated heterocycles. The van der Waals surface area contributed by atoms with Crippen molar-refractivity contribution in [2.45, 2.75) is 64.5 Å². The fraction of sp³-hybridized carbons (Fsp3) is 0.917. The summed E-state index contributed by atoms with van der Waals surface area (Å²) < 4.78 is 0. The summed E-state index contributed by atoms with van der Waals surface area (Å²) in [5.74, 6) is 0.0135. The third-order valence-electron chi connectivity index (χ3n) is 3.37. The van der Waals surface area contributed by atoms with Crippen molar-refractivity contribution < 1.29 is 4.79 Å². The first-order valence-corrected chi connectivity index (χ1v) is 6.18. The van der Waals surface area contributed by atoms with Gasteiger partial charge in [0, 0.05) is 18.0 Å². The number of nitrogens with one attached hydrogen (secondary N) is 1. The van der Waals surface area contributed by atoms with Crippen LogP contribution in [0.25, 0.3) is 0 Å². The molecule has 15 heavy (non-hydrogen) atoms. The largest absolute Gasteiger partial charge is 0.369 e. The summed E-state index contributed by atoms with van der Waals surface area (Å²) >= 11 is 0. The Balaban J connectivity index is 2.22. The number of amides is 1. The normalized spacial score (nSPS) is 28.7.